The minimum atomic E-state index is -0.375. The Morgan fingerprint density at radius 1 is 1.36 bits per heavy atom. The second-order valence-corrected chi connectivity index (χ2v) is 6.18. The molecule has 0 saturated carbocycles. The highest BCUT2D eigenvalue weighted by Crippen LogP contribution is 2.32. The fourth-order valence-electron chi connectivity index (χ4n) is 2.68. The van der Waals surface area contributed by atoms with Gasteiger partial charge in [-0.15, -0.1) is 0 Å². The van der Waals surface area contributed by atoms with Crippen LogP contribution in [0.5, 0.6) is 0 Å². The smallest absolute Gasteiger partial charge is 0.189 e. The van der Waals surface area contributed by atoms with Crippen molar-refractivity contribution in [1.29, 1.82) is 0 Å². The summed E-state index contributed by atoms with van der Waals surface area (Å²) < 4.78 is 13.5. The number of nitrogens with two attached hydrogens (primary N) is 1. The summed E-state index contributed by atoms with van der Waals surface area (Å²) in [5, 5.41) is 0.765. The number of hydrogen-bond acceptors (Lipinski definition) is 6. The van der Waals surface area contributed by atoms with Gasteiger partial charge in [0.1, 0.15) is 11.6 Å². The molecule has 22 heavy (non-hydrogen) atoms. The second-order valence-electron chi connectivity index (χ2n) is 5.40. The number of halogens is 1. The number of aryl methyl sites for hydroxylation is 1. The highest BCUT2D eigenvalue weighted by Gasteiger charge is 2.24. The molecule has 2 aromatic rings. The first-order chi connectivity index (χ1) is 10.5. The van der Waals surface area contributed by atoms with Crippen LogP contribution in [-0.4, -0.2) is 29.9 Å². The van der Waals surface area contributed by atoms with E-state index in [-0.39, 0.29) is 11.5 Å². The molecule has 0 fully saturated rings. The third-order valence-electron chi connectivity index (χ3n) is 3.76. The Bertz CT molecular complexity index is 721. The molecule has 1 aliphatic rings. The van der Waals surface area contributed by atoms with Crippen LogP contribution in [0.1, 0.15) is 11.1 Å². The molecule has 3 rings (SSSR count). The van der Waals surface area contributed by atoms with Crippen molar-refractivity contribution in [3.05, 3.63) is 35.3 Å². The number of rotatable bonds is 2. The van der Waals surface area contributed by atoms with Gasteiger partial charge in [0.2, 0.25) is 0 Å². The van der Waals surface area contributed by atoms with Crippen molar-refractivity contribution in [2.24, 2.45) is 0 Å². The first-order valence-electron chi connectivity index (χ1n) is 6.91. The molecular weight excluding hydrogens is 301 g/mol. The molecule has 5 nitrogen and oxygen atoms in total. The van der Waals surface area contributed by atoms with Crippen LogP contribution in [-0.2, 0) is 6.54 Å². The van der Waals surface area contributed by atoms with Crippen molar-refractivity contribution < 1.29 is 4.39 Å². The zero-order valence-corrected chi connectivity index (χ0v) is 13.6. The SMILES string of the molecule is CSc1ncc2c(n1)N(C)CN(c1cc(N)c(F)cc1C)C2. The minimum absolute atomic E-state index is 0.169. The van der Waals surface area contributed by atoms with Gasteiger partial charge in [0, 0.05) is 31.0 Å². The fraction of sp³-hybridized carbons (Fsp3) is 0.333. The normalized spacial score (nSPS) is 14.2. The molecule has 0 spiro atoms. The molecule has 7 heteroatoms. The minimum Gasteiger partial charge on any atom is -0.396 e. The topological polar surface area (TPSA) is 58.3 Å². The highest BCUT2D eigenvalue weighted by molar-refractivity contribution is 7.98. The fourth-order valence-corrected chi connectivity index (χ4v) is 3.02. The third kappa shape index (κ3) is 2.56. The van der Waals surface area contributed by atoms with Crippen LogP contribution in [0.4, 0.5) is 21.6 Å². The first-order valence-corrected chi connectivity index (χ1v) is 8.13. The maximum absolute atomic E-state index is 13.5. The molecule has 0 unspecified atom stereocenters. The Morgan fingerprint density at radius 2 is 2.14 bits per heavy atom. The Kier molecular flexibility index (Phi) is 3.82. The van der Waals surface area contributed by atoms with E-state index in [0.717, 1.165) is 27.8 Å². The Balaban J connectivity index is 1.97. The van der Waals surface area contributed by atoms with Crippen LogP contribution in [0, 0.1) is 12.7 Å². The molecule has 1 aliphatic heterocycles. The van der Waals surface area contributed by atoms with Crippen molar-refractivity contribution in [3.63, 3.8) is 0 Å². The quantitative estimate of drug-likeness (QED) is 0.522. The zero-order chi connectivity index (χ0) is 15.9. The lowest BCUT2D eigenvalue weighted by atomic mass is 10.1. The van der Waals surface area contributed by atoms with Gasteiger partial charge < -0.3 is 15.5 Å². The van der Waals surface area contributed by atoms with Crippen LogP contribution >= 0.6 is 11.8 Å². The molecule has 0 saturated heterocycles. The van der Waals surface area contributed by atoms with Crippen LogP contribution in [0.25, 0.3) is 0 Å². The Morgan fingerprint density at radius 3 is 2.86 bits per heavy atom. The number of aromatic nitrogens is 2. The van der Waals surface area contributed by atoms with Crippen LogP contribution in [0.2, 0.25) is 0 Å². The molecule has 0 atom stereocenters. The predicted molar refractivity (Wildman–Crippen MR) is 88.8 cm³/mol. The van der Waals surface area contributed by atoms with Crippen LogP contribution < -0.4 is 15.5 Å². The van der Waals surface area contributed by atoms with Crippen molar-refractivity contribution >= 4 is 29.0 Å². The van der Waals surface area contributed by atoms with E-state index in [0.29, 0.717) is 13.2 Å². The third-order valence-corrected chi connectivity index (χ3v) is 4.33. The van der Waals surface area contributed by atoms with Crippen molar-refractivity contribution in [2.75, 3.05) is 35.5 Å². The monoisotopic (exact) mass is 319 g/mol. The van der Waals surface area contributed by atoms with Gasteiger partial charge in [0.05, 0.1) is 12.4 Å². The van der Waals surface area contributed by atoms with Gasteiger partial charge in [-0.2, -0.15) is 0 Å². The number of thioether (sulfide) groups is 1. The van der Waals surface area contributed by atoms with E-state index in [4.69, 9.17) is 5.73 Å². The molecule has 0 bridgehead atoms. The number of hydrogen-bond donors (Lipinski definition) is 1. The number of nitrogen functional groups attached to an aromatic ring is 1. The first kappa shape index (κ1) is 14.9. The average molecular weight is 319 g/mol. The van der Waals surface area contributed by atoms with E-state index < -0.39 is 0 Å². The van der Waals surface area contributed by atoms with Crippen LogP contribution in [0.3, 0.4) is 0 Å². The summed E-state index contributed by atoms with van der Waals surface area (Å²) in [5.74, 6) is 0.572. The second kappa shape index (κ2) is 5.64. The maximum Gasteiger partial charge on any atom is 0.189 e. The molecule has 0 aliphatic carbocycles. The van der Waals surface area contributed by atoms with Gasteiger partial charge in [-0.3, -0.25) is 0 Å². The van der Waals surface area contributed by atoms with E-state index >= 15 is 0 Å². The van der Waals surface area contributed by atoms with Crippen LogP contribution in [0.15, 0.2) is 23.5 Å². The molecule has 0 amide bonds. The molecule has 1 aromatic heterocycles. The summed E-state index contributed by atoms with van der Waals surface area (Å²) in [6.07, 6.45) is 3.82. The number of nitrogens with zero attached hydrogens (tertiary/aromatic N) is 4. The molecule has 0 radical (unpaired) electrons. The summed E-state index contributed by atoms with van der Waals surface area (Å²) in [4.78, 5) is 13.1. The van der Waals surface area contributed by atoms with Gasteiger partial charge in [0.25, 0.3) is 0 Å². The van der Waals surface area contributed by atoms with Gasteiger partial charge in [0.15, 0.2) is 5.16 Å². The lowest BCUT2D eigenvalue weighted by Crippen LogP contribution is -2.41. The lowest BCUT2D eigenvalue weighted by Gasteiger charge is -2.37. The van der Waals surface area contributed by atoms with E-state index in [2.05, 4.69) is 19.8 Å². The molecule has 1 aromatic carbocycles. The van der Waals surface area contributed by atoms with Gasteiger partial charge >= 0.3 is 0 Å². The summed E-state index contributed by atoms with van der Waals surface area (Å²) >= 11 is 1.53. The van der Waals surface area contributed by atoms with Gasteiger partial charge in [-0.1, -0.05) is 11.8 Å². The van der Waals surface area contributed by atoms with E-state index in [1.807, 2.05) is 26.4 Å². The number of benzene rings is 1. The highest BCUT2D eigenvalue weighted by atomic mass is 32.2. The summed E-state index contributed by atoms with van der Waals surface area (Å²) in [5.41, 5.74) is 8.74. The standard InChI is InChI=1S/C15H18FN5S/c1-9-4-11(16)12(17)5-13(9)21-7-10-6-18-15(22-3)19-14(10)20(2)8-21/h4-6H,7-8,17H2,1-3H3. The summed E-state index contributed by atoms with van der Waals surface area (Å²) in [6, 6.07) is 3.17. The lowest BCUT2D eigenvalue weighted by molar-refractivity contribution is 0.630. The Hall–Kier alpha value is -2.02. The van der Waals surface area contributed by atoms with E-state index in [1.54, 1.807) is 6.07 Å². The van der Waals surface area contributed by atoms with Crippen molar-refractivity contribution in [1.82, 2.24) is 9.97 Å². The van der Waals surface area contributed by atoms with Gasteiger partial charge in [-0.25, -0.2) is 14.4 Å². The van der Waals surface area contributed by atoms with Gasteiger partial charge in [-0.05, 0) is 30.9 Å². The molecular formula is C15H18FN5S. The maximum atomic E-state index is 13.5. The summed E-state index contributed by atoms with van der Waals surface area (Å²) in [6.45, 7) is 3.24. The zero-order valence-electron chi connectivity index (χ0n) is 12.8. The van der Waals surface area contributed by atoms with Crippen molar-refractivity contribution in [3.8, 4) is 0 Å². The number of anilines is 3. The van der Waals surface area contributed by atoms with E-state index in [9.17, 15) is 4.39 Å². The average Bonchev–Trinajstić information content (AvgIpc) is 2.50. The largest absolute Gasteiger partial charge is 0.396 e. The molecule has 2 heterocycles. The summed E-state index contributed by atoms with van der Waals surface area (Å²) in [7, 11) is 1.99. The van der Waals surface area contributed by atoms with E-state index in [1.165, 1.54) is 17.8 Å². The van der Waals surface area contributed by atoms with Crippen molar-refractivity contribution in [2.45, 2.75) is 18.6 Å². The Labute approximate surface area is 133 Å². The predicted octanol–water partition coefficient (Wildman–Crippen LogP) is 2.64. The number of fused-ring (bicyclic) bond motifs is 1. The molecule has 2 N–H and O–H groups in total. The molecule has 116 valence electrons.